The van der Waals surface area contributed by atoms with E-state index >= 15 is 0 Å². The van der Waals surface area contributed by atoms with Gasteiger partial charge < -0.3 is 5.11 Å². The number of carboxylic acids is 1. The lowest BCUT2D eigenvalue weighted by atomic mass is 10.1. The van der Waals surface area contributed by atoms with Crippen molar-refractivity contribution < 1.29 is 19.5 Å². The first-order valence-corrected chi connectivity index (χ1v) is 5.22. The molecule has 0 atom stereocenters. The SMILES string of the molecule is CCCC(=O)O.O=C1NC(=O)c2ccccc21. The number of fused-ring (bicyclic) bond motifs is 1. The Hall–Kier alpha value is -2.17. The number of amides is 2. The fourth-order valence-corrected chi connectivity index (χ4v) is 1.33. The summed E-state index contributed by atoms with van der Waals surface area (Å²) in [6, 6.07) is 6.74. The average molecular weight is 235 g/mol. The van der Waals surface area contributed by atoms with Gasteiger partial charge in [0.1, 0.15) is 0 Å². The number of hydrogen-bond donors (Lipinski definition) is 2. The van der Waals surface area contributed by atoms with Gasteiger partial charge in [0.05, 0.1) is 11.1 Å². The second-order valence-corrected chi connectivity index (χ2v) is 3.47. The third kappa shape index (κ3) is 3.41. The smallest absolute Gasteiger partial charge is 0.303 e. The van der Waals surface area contributed by atoms with Gasteiger partial charge in [0, 0.05) is 6.42 Å². The summed E-state index contributed by atoms with van der Waals surface area (Å²) in [5.74, 6) is -1.31. The fraction of sp³-hybridized carbons (Fsp3) is 0.250. The second kappa shape index (κ2) is 5.79. The number of carbonyl (C=O) groups excluding carboxylic acids is 2. The van der Waals surface area contributed by atoms with E-state index in [0.717, 1.165) is 6.42 Å². The van der Waals surface area contributed by atoms with Crippen molar-refractivity contribution in [3.8, 4) is 0 Å². The van der Waals surface area contributed by atoms with Crippen LogP contribution in [-0.2, 0) is 4.79 Å². The van der Waals surface area contributed by atoms with Crippen LogP contribution >= 0.6 is 0 Å². The lowest BCUT2D eigenvalue weighted by molar-refractivity contribution is -0.137. The van der Waals surface area contributed by atoms with E-state index in [0.29, 0.717) is 17.5 Å². The molecule has 2 rings (SSSR count). The zero-order chi connectivity index (χ0) is 12.8. The number of hydrogen-bond acceptors (Lipinski definition) is 3. The molecule has 0 bridgehead atoms. The molecule has 90 valence electrons. The third-order valence-corrected chi connectivity index (χ3v) is 2.11. The van der Waals surface area contributed by atoms with E-state index in [-0.39, 0.29) is 11.8 Å². The van der Waals surface area contributed by atoms with Crippen LogP contribution in [0, 0.1) is 0 Å². The summed E-state index contributed by atoms with van der Waals surface area (Å²) < 4.78 is 0. The average Bonchev–Trinajstić information content (AvgIpc) is 2.56. The van der Waals surface area contributed by atoms with Crippen LogP contribution in [0.3, 0.4) is 0 Å². The summed E-state index contributed by atoms with van der Waals surface area (Å²) in [6.45, 7) is 1.84. The van der Waals surface area contributed by atoms with E-state index in [1.807, 2.05) is 6.92 Å². The maximum absolute atomic E-state index is 10.9. The molecule has 2 N–H and O–H groups in total. The van der Waals surface area contributed by atoms with Gasteiger partial charge in [0.15, 0.2) is 0 Å². The molecule has 0 saturated carbocycles. The highest BCUT2D eigenvalue weighted by Gasteiger charge is 2.25. The molecule has 0 aromatic heterocycles. The second-order valence-electron chi connectivity index (χ2n) is 3.47. The van der Waals surface area contributed by atoms with E-state index in [2.05, 4.69) is 5.32 Å². The van der Waals surface area contributed by atoms with Crippen molar-refractivity contribution in [3.63, 3.8) is 0 Å². The Morgan fingerprint density at radius 3 is 1.94 bits per heavy atom. The Kier molecular flexibility index (Phi) is 4.39. The van der Waals surface area contributed by atoms with Gasteiger partial charge >= 0.3 is 5.97 Å². The van der Waals surface area contributed by atoms with Crippen LogP contribution in [0.25, 0.3) is 0 Å². The van der Waals surface area contributed by atoms with Crippen LogP contribution in [0.5, 0.6) is 0 Å². The minimum atomic E-state index is -0.711. The molecule has 1 aromatic rings. The van der Waals surface area contributed by atoms with Gasteiger partial charge in [-0.15, -0.1) is 0 Å². The molecule has 0 saturated heterocycles. The largest absolute Gasteiger partial charge is 0.481 e. The Morgan fingerprint density at radius 2 is 1.65 bits per heavy atom. The van der Waals surface area contributed by atoms with Crippen molar-refractivity contribution in [2.75, 3.05) is 0 Å². The van der Waals surface area contributed by atoms with Crippen LogP contribution in [0.1, 0.15) is 40.5 Å². The molecule has 5 heteroatoms. The van der Waals surface area contributed by atoms with E-state index in [9.17, 15) is 14.4 Å². The van der Waals surface area contributed by atoms with Crippen molar-refractivity contribution in [2.24, 2.45) is 0 Å². The van der Waals surface area contributed by atoms with Crippen molar-refractivity contribution in [3.05, 3.63) is 35.4 Å². The number of aliphatic carboxylic acids is 1. The van der Waals surface area contributed by atoms with Crippen LogP contribution in [0.2, 0.25) is 0 Å². The van der Waals surface area contributed by atoms with E-state index < -0.39 is 5.97 Å². The number of imide groups is 1. The first-order valence-electron chi connectivity index (χ1n) is 5.22. The van der Waals surface area contributed by atoms with Gasteiger partial charge in [-0.2, -0.15) is 0 Å². The molecule has 1 aliphatic heterocycles. The summed E-state index contributed by atoms with van der Waals surface area (Å²) >= 11 is 0. The first kappa shape index (κ1) is 12.9. The van der Waals surface area contributed by atoms with Gasteiger partial charge in [0.2, 0.25) is 0 Å². The number of carboxylic acid groups (broad SMARTS) is 1. The number of benzene rings is 1. The molecule has 0 radical (unpaired) electrons. The van der Waals surface area contributed by atoms with E-state index in [1.54, 1.807) is 24.3 Å². The monoisotopic (exact) mass is 235 g/mol. The fourth-order valence-electron chi connectivity index (χ4n) is 1.33. The van der Waals surface area contributed by atoms with Crippen LogP contribution in [0.4, 0.5) is 0 Å². The molecule has 17 heavy (non-hydrogen) atoms. The Bertz CT molecular complexity index is 421. The summed E-state index contributed by atoms with van der Waals surface area (Å²) in [5.41, 5.74) is 0.940. The van der Waals surface area contributed by atoms with Crippen LogP contribution in [0.15, 0.2) is 24.3 Å². The maximum atomic E-state index is 10.9. The standard InChI is InChI=1S/C8H5NO2.C4H8O2/c10-7-5-3-1-2-4-6(5)8(11)9-7;1-2-3-4(5)6/h1-4H,(H,9,10,11);2-3H2,1H3,(H,5,6). The summed E-state index contributed by atoms with van der Waals surface area (Å²) in [5, 5.41) is 10.1. The predicted molar refractivity (Wildman–Crippen MR) is 60.8 cm³/mol. The lowest BCUT2D eigenvalue weighted by Crippen LogP contribution is -2.19. The molecule has 0 fully saturated rings. The zero-order valence-electron chi connectivity index (χ0n) is 9.40. The molecule has 1 heterocycles. The number of carbonyl (C=O) groups is 3. The van der Waals surface area contributed by atoms with E-state index in [1.165, 1.54) is 0 Å². The topological polar surface area (TPSA) is 83.5 Å². The van der Waals surface area contributed by atoms with E-state index in [4.69, 9.17) is 5.11 Å². The first-order chi connectivity index (χ1) is 8.06. The van der Waals surface area contributed by atoms with Gasteiger partial charge in [-0.05, 0) is 18.6 Å². The molecule has 0 spiro atoms. The molecule has 5 nitrogen and oxygen atoms in total. The molecule has 1 aliphatic rings. The highest BCUT2D eigenvalue weighted by molar-refractivity contribution is 6.21. The minimum absolute atomic E-state index is 0.292. The maximum Gasteiger partial charge on any atom is 0.303 e. The Morgan fingerprint density at radius 1 is 1.18 bits per heavy atom. The van der Waals surface area contributed by atoms with Gasteiger partial charge in [-0.1, -0.05) is 19.1 Å². The third-order valence-electron chi connectivity index (χ3n) is 2.11. The van der Waals surface area contributed by atoms with Gasteiger partial charge in [0.25, 0.3) is 11.8 Å². The van der Waals surface area contributed by atoms with Crippen molar-refractivity contribution in [1.29, 1.82) is 0 Å². The molecule has 1 aromatic carbocycles. The molecule has 0 unspecified atom stereocenters. The Balaban J connectivity index is 0.000000209. The summed E-state index contributed by atoms with van der Waals surface area (Å²) in [7, 11) is 0. The quantitative estimate of drug-likeness (QED) is 0.760. The normalized spacial score (nSPS) is 12.3. The molecule has 2 amide bonds. The molecule has 0 aliphatic carbocycles. The minimum Gasteiger partial charge on any atom is -0.481 e. The van der Waals surface area contributed by atoms with Gasteiger partial charge in [-0.25, -0.2) is 0 Å². The molecular weight excluding hydrogens is 222 g/mol. The number of rotatable bonds is 2. The van der Waals surface area contributed by atoms with Crippen molar-refractivity contribution >= 4 is 17.8 Å². The predicted octanol–water partition coefficient (Wildman–Crippen LogP) is 1.44. The van der Waals surface area contributed by atoms with Gasteiger partial charge in [-0.3, -0.25) is 19.7 Å². The van der Waals surface area contributed by atoms with Crippen LogP contribution in [-0.4, -0.2) is 22.9 Å². The van der Waals surface area contributed by atoms with Crippen LogP contribution < -0.4 is 5.32 Å². The zero-order valence-corrected chi connectivity index (χ0v) is 9.40. The Labute approximate surface area is 98.4 Å². The summed E-state index contributed by atoms with van der Waals surface area (Å²) in [6.07, 6.45) is 1.02. The lowest BCUT2D eigenvalue weighted by Gasteiger charge is -1.88. The van der Waals surface area contributed by atoms with Crippen molar-refractivity contribution in [1.82, 2.24) is 5.32 Å². The highest BCUT2D eigenvalue weighted by Crippen LogP contribution is 2.13. The highest BCUT2D eigenvalue weighted by atomic mass is 16.4. The molecular formula is C12H13NO4. The number of nitrogens with one attached hydrogen (secondary N) is 1. The summed E-state index contributed by atoms with van der Waals surface area (Å²) in [4.78, 5) is 31.5. The van der Waals surface area contributed by atoms with Crippen molar-refractivity contribution in [2.45, 2.75) is 19.8 Å².